The molecule has 7 heteroatoms. The van der Waals surface area contributed by atoms with Crippen LogP contribution in [0.5, 0.6) is 0 Å². The molecule has 0 amide bonds. The highest BCUT2D eigenvalue weighted by molar-refractivity contribution is 6.85. The molecule has 0 unspecified atom stereocenters. The van der Waals surface area contributed by atoms with Crippen LogP contribution in [-0.4, -0.2) is 29.1 Å². The Morgan fingerprint density at radius 3 is 1.00 bits per heavy atom. The fraction of sp³-hybridized carbons (Fsp3) is 0.700. The molecule has 0 aromatic heterocycles. The highest BCUT2D eigenvalue weighted by atomic mass is 28.5. The zero-order valence-corrected chi connectivity index (χ0v) is 20.8. The van der Waals surface area contributed by atoms with Crippen LogP contribution in [-0.2, 0) is 22.6 Å². The molecule has 0 radical (unpaired) electrons. The van der Waals surface area contributed by atoms with Gasteiger partial charge in [-0.15, -0.1) is 0 Å². The van der Waals surface area contributed by atoms with E-state index in [1.807, 2.05) is 55.4 Å². The van der Waals surface area contributed by atoms with Crippen molar-refractivity contribution in [1.82, 2.24) is 0 Å². The summed E-state index contributed by atoms with van der Waals surface area (Å²) >= 11 is 0. The molecule has 0 bridgehead atoms. The molecule has 5 nitrogen and oxygen atoms in total. The lowest BCUT2D eigenvalue weighted by molar-refractivity contribution is -0.133. The molecule has 156 valence electrons. The maximum atomic E-state index is 12.4. The van der Waals surface area contributed by atoms with Crippen LogP contribution >= 0.6 is 0 Å². The molecule has 0 heterocycles. The van der Waals surface area contributed by atoms with Crippen LogP contribution in [0.25, 0.3) is 0 Å². The molecule has 0 aliphatic carbocycles. The molecule has 0 saturated heterocycles. The summed E-state index contributed by atoms with van der Waals surface area (Å²) in [5.41, 5.74) is 0.582. The maximum absolute atomic E-state index is 12.4. The van der Waals surface area contributed by atoms with Crippen molar-refractivity contribution >= 4 is 29.1 Å². The third-order valence-corrected chi connectivity index (χ3v) is 14.7. The number of rotatable bonds is 10. The van der Waals surface area contributed by atoms with E-state index < -0.39 is 29.1 Å². The summed E-state index contributed by atoms with van der Waals surface area (Å²) in [6.45, 7) is 26.6. The Kier molecular flexibility index (Phi) is 9.41. The van der Waals surface area contributed by atoms with E-state index in [0.717, 1.165) is 0 Å². The van der Waals surface area contributed by atoms with Crippen molar-refractivity contribution in [2.75, 3.05) is 0 Å². The molecule has 0 saturated carbocycles. The minimum Gasteiger partial charge on any atom is -0.491 e. The van der Waals surface area contributed by atoms with Crippen molar-refractivity contribution in [3.63, 3.8) is 0 Å². The molecule has 0 fully saturated rings. The van der Waals surface area contributed by atoms with E-state index in [1.165, 1.54) is 0 Å². The van der Waals surface area contributed by atoms with E-state index in [4.69, 9.17) is 13.0 Å². The van der Waals surface area contributed by atoms with Gasteiger partial charge in [-0.05, 0) is 13.8 Å². The Morgan fingerprint density at radius 2 is 0.852 bits per heavy atom. The molecule has 0 aromatic rings. The highest BCUT2D eigenvalue weighted by Gasteiger charge is 2.59. The predicted octanol–water partition coefficient (Wildman–Crippen LogP) is 5.77. The second-order valence-corrected chi connectivity index (χ2v) is 17.2. The second-order valence-electron chi connectivity index (χ2n) is 8.50. The van der Waals surface area contributed by atoms with Gasteiger partial charge in [-0.25, -0.2) is 9.59 Å². The first-order valence-electron chi connectivity index (χ1n) is 9.61. The van der Waals surface area contributed by atoms with Gasteiger partial charge in [0.2, 0.25) is 0 Å². The molecule has 0 N–H and O–H groups in total. The fourth-order valence-corrected chi connectivity index (χ4v) is 13.7. The lowest BCUT2D eigenvalue weighted by atomic mass is 10.4. The van der Waals surface area contributed by atoms with Gasteiger partial charge in [-0.2, -0.15) is 0 Å². The summed E-state index contributed by atoms with van der Waals surface area (Å²) in [5.74, 6) is -0.906. The van der Waals surface area contributed by atoms with Crippen molar-refractivity contribution in [2.24, 2.45) is 0 Å². The zero-order valence-electron chi connectivity index (χ0n) is 18.8. The Bertz CT molecular complexity index is 513. The van der Waals surface area contributed by atoms with Gasteiger partial charge in [0.05, 0.1) is 0 Å². The van der Waals surface area contributed by atoms with Gasteiger partial charge in [-0.1, -0.05) is 68.5 Å². The summed E-state index contributed by atoms with van der Waals surface area (Å²) in [6, 6.07) is 0. The van der Waals surface area contributed by atoms with E-state index in [0.29, 0.717) is 11.1 Å². The van der Waals surface area contributed by atoms with Crippen LogP contribution in [0, 0.1) is 0 Å². The monoisotopic (exact) mass is 414 g/mol. The summed E-state index contributed by atoms with van der Waals surface area (Å²) < 4.78 is 18.9. The van der Waals surface area contributed by atoms with Gasteiger partial charge >= 0.3 is 29.1 Å². The summed E-state index contributed by atoms with van der Waals surface area (Å²) in [5, 5.41) is 0. The van der Waals surface area contributed by atoms with E-state index in [1.54, 1.807) is 13.8 Å². The Balaban J connectivity index is 6.42. The van der Waals surface area contributed by atoms with Gasteiger partial charge in [-0.3, -0.25) is 0 Å². The number of carbonyl (C=O) groups is 2. The molecule has 0 aromatic carbocycles. The number of carbonyl (C=O) groups excluding carboxylic acids is 2. The van der Waals surface area contributed by atoms with Crippen LogP contribution in [0.2, 0.25) is 22.2 Å². The minimum atomic E-state index is -3.09. The topological polar surface area (TPSA) is 61.8 Å². The second kappa shape index (κ2) is 9.84. The van der Waals surface area contributed by atoms with Gasteiger partial charge in [0.25, 0.3) is 0 Å². The van der Waals surface area contributed by atoms with Crippen LogP contribution < -0.4 is 0 Å². The first kappa shape index (κ1) is 25.8. The fourth-order valence-electron chi connectivity index (χ4n) is 3.03. The lowest BCUT2D eigenvalue weighted by Crippen LogP contribution is -2.62. The normalized spacial score (nSPS) is 12.7. The number of hydrogen-bond donors (Lipinski definition) is 0. The smallest absolute Gasteiger partial charge is 0.399 e. The molecule has 0 rings (SSSR count). The SMILES string of the molecule is C=C(C)C(=O)O[Si](O[Si](OC(=O)C(=C)C)(C(C)C)C(C)C)(C(C)C)C(C)C. The molecular weight excluding hydrogens is 376 g/mol. The molecule has 0 spiro atoms. The molecule has 0 atom stereocenters. The third kappa shape index (κ3) is 5.89. The van der Waals surface area contributed by atoms with E-state index in [-0.39, 0.29) is 22.2 Å². The van der Waals surface area contributed by atoms with E-state index in [2.05, 4.69) is 13.2 Å². The first-order chi connectivity index (χ1) is 12.1. The largest absolute Gasteiger partial charge is 0.491 e. The minimum absolute atomic E-state index is 0.0197. The highest BCUT2D eigenvalue weighted by Crippen LogP contribution is 2.44. The Morgan fingerprint density at radius 1 is 0.630 bits per heavy atom. The number of hydrogen-bond acceptors (Lipinski definition) is 5. The lowest BCUT2D eigenvalue weighted by Gasteiger charge is -2.46. The van der Waals surface area contributed by atoms with Crippen molar-refractivity contribution in [2.45, 2.75) is 91.4 Å². The van der Waals surface area contributed by atoms with Crippen LogP contribution in [0.3, 0.4) is 0 Å². The van der Waals surface area contributed by atoms with Gasteiger partial charge in [0.1, 0.15) is 0 Å². The van der Waals surface area contributed by atoms with Crippen molar-refractivity contribution in [3.8, 4) is 0 Å². The molecule has 0 aliphatic rings. The van der Waals surface area contributed by atoms with E-state index >= 15 is 0 Å². The van der Waals surface area contributed by atoms with Crippen LogP contribution in [0.4, 0.5) is 0 Å². The summed E-state index contributed by atoms with van der Waals surface area (Å²) in [6.07, 6.45) is 0. The van der Waals surface area contributed by atoms with Gasteiger partial charge < -0.3 is 13.0 Å². The van der Waals surface area contributed by atoms with Crippen LogP contribution in [0.15, 0.2) is 24.3 Å². The standard InChI is InChI=1S/C20H38O5Si2/c1-13(2)19(21)23-26(15(5)6,16(7)8)25-27(17(9)10,18(11)12)24-20(22)14(3)4/h15-18H,1,3H2,2,4-12H3. The average molecular weight is 415 g/mol. The first-order valence-corrected chi connectivity index (χ1v) is 13.6. The Hall–Kier alpha value is -1.19. The third-order valence-electron chi connectivity index (χ3n) is 4.74. The maximum Gasteiger partial charge on any atom is 0.399 e. The predicted molar refractivity (Wildman–Crippen MR) is 115 cm³/mol. The average Bonchev–Trinajstić information content (AvgIpc) is 2.51. The van der Waals surface area contributed by atoms with Crippen molar-refractivity contribution in [1.29, 1.82) is 0 Å². The quantitative estimate of drug-likeness (QED) is 0.335. The molecule has 0 aliphatic heterocycles. The van der Waals surface area contributed by atoms with E-state index in [9.17, 15) is 9.59 Å². The van der Waals surface area contributed by atoms with Crippen molar-refractivity contribution in [3.05, 3.63) is 24.3 Å². The summed E-state index contributed by atoms with van der Waals surface area (Å²) in [7, 11) is -6.19. The molecule has 27 heavy (non-hydrogen) atoms. The summed E-state index contributed by atoms with van der Waals surface area (Å²) in [4.78, 5) is 24.9. The van der Waals surface area contributed by atoms with Crippen molar-refractivity contribution < 1.29 is 22.6 Å². The van der Waals surface area contributed by atoms with Crippen LogP contribution in [0.1, 0.15) is 69.2 Å². The Labute approximate surface area is 167 Å². The van der Waals surface area contributed by atoms with Gasteiger partial charge in [0.15, 0.2) is 0 Å². The van der Waals surface area contributed by atoms with Gasteiger partial charge in [0, 0.05) is 33.3 Å². The zero-order chi connectivity index (χ0) is 21.7. The molecular formula is C20H38O5Si2.